The molecule has 4 aliphatic rings. The van der Waals surface area contributed by atoms with E-state index in [9.17, 15) is 28.8 Å². The maximum Gasteiger partial charge on any atom is 0.412 e. The third kappa shape index (κ3) is 7.84. The van der Waals surface area contributed by atoms with E-state index in [0.29, 0.717) is 24.0 Å². The smallest absolute Gasteiger partial charge is 0.412 e. The molecule has 3 aliphatic heterocycles. The SMILES string of the molecule is CCOC(=O)N(C)COC(=O)C1=C(COC(C)=O)CSC2C(NC(=O)C(NC(=O)OC(C)(C)C)C3=C4C=COC=C4CC3)C(=O)N12. The zero-order valence-electron chi connectivity index (χ0n) is 26.5. The summed E-state index contributed by atoms with van der Waals surface area (Å²) < 4.78 is 26.0. The molecule has 16 heteroatoms. The summed E-state index contributed by atoms with van der Waals surface area (Å²) in [5, 5.41) is 4.70. The molecule has 1 aliphatic carbocycles. The number of carbonyl (C=O) groups is 6. The lowest BCUT2D eigenvalue weighted by molar-refractivity contribution is -0.154. The molecular weight excluding hydrogens is 624 g/mol. The molecule has 4 amide bonds. The Morgan fingerprint density at radius 3 is 2.57 bits per heavy atom. The number of allylic oxidation sites excluding steroid dienone is 3. The average Bonchev–Trinajstić information content (AvgIpc) is 3.42. The van der Waals surface area contributed by atoms with Crippen molar-refractivity contribution >= 4 is 47.7 Å². The van der Waals surface area contributed by atoms with Gasteiger partial charge in [0, 0.05) is 25.3 Å². The number of rotatable bonds is 10. The van der Waals surface area contributed by atoms with Gasteiger partial charge in [-0.25, -0.2) is 14.4 Å². The van der Waals surface area contributed by atoms with E-state index in [2.05, 4.69) is 10.6 Å². The van der Waals surface area contributed by atoms with Crippen molar-refractivity contribution in [2.75, 3.05) is 32.7 Å². The highest BCUT2D eigenvalue weighted by Gasteiger charge is 2.55. The Bertz CT molecular complexity index is 1430. The van der Waals surface area contributed by atoms with Gasteiger partial charge in [-0.2, -0.15) is 0 Å². The minimum Gasteiger partial charge on any atom is -0.472 e. The van der Waals surface area contributed by atoms with E-state index in [0.717, 1.165) is 16.0 Å². The van der Waals surface area contributed by atoms with Gasteiger partial charge in [0.2, 0.25) is 5.91 Å². The summed E-state index contributed by atoms with van der Waals surface area (Å²) in [6.45, 7) is 7.33. The van der Waals surface area contributed by atoms with Gasteiger partial charge in [-0.15, -0.1) is 11.8 Å². The van der Waals surface area contributed by atoms with Crippen LogP contribution in [0.2, 0.25) is 0 Å². The van der Waals surface area contributed by atoms with Crippen molar-refractivity contribution in [3.05, 3.63) is 46.6 Å². The fraction of sp³-hybridized carbons (Fsp3) is 0.533. The molecule has 15 nitrogen and oxygen atoms in total. The zero-order valence-corrected chi connectivity index (χ0v) is 27.3. The van der Waals surface area contributed by atoms with Crippen LogP contribution < -0.4 is 10.6 Å². The first-order valence-electron chi connectivity index (χ1n) is 14.6. The average molecular weight is 663 g/mol. The summed E-state index contributed by atoms with van der Waals surface area (Å²) in [5.41, 5.74) is 1.63. The molecule has 2 N–H and O–H groups in total. The third-order valence-electron chi connectivity index (χ3n) is 7.11. The normalized spacial score (nSPS) is 20.7. The molecule has 0 saturated carbocycles. The molecule has 250 valence electrons. The lowest BCUT2D eigenvalue weighted by atomic mass is 9.98. The summed E-state index contributed by atoms with van der Waals surface area (Å²) in [5.74, 6) is -2.57. The summed E-state index contributed by atoms with van der Waals surface area (Å²) in [6.07, 6.45) is 4.31. The quantitative estimate of drug-likeness (QED) is 0.151. The fourth-order valence-electron chi connectivity index (χ4n) is 5.06. The molecule has 1 saturated heterocycles. The van der Waals surface area contributed by atoms with Gasteiger partial charge >= 0.3 is 24.1 Å². The van der Waals surface area contributed by atoms with Crippen LogP contribution in [0.15, 0.2) is 46.6 Å². The summed E-state index contributed by atoms with van der Waals surface area (Å²) in [4.78, 5) is 79.1. The van der Waals surface area contributed by atoms with Gasteiger partial charge < -0.3 is 34.3 Å². The second-order valence-corrected chi connectivity index (χ2v) is 12.8. The number of alkyl carbamates (subject to hydrolysis) is 1. The number of esters is 2. The van der Waals surface area contributed by atoms with Gasteiger partial charge in [-0.3, -0.25) is 24.2 Å². The minimum atomic E-state index is -1.16. The standard InChI is InChI=1S/C30H38N4O11S/c1-7-42-29(40)33(6)15-44-27(38)23-18(13-43-16(2)35)14-46-26-22(25(37)34(23)26)31-24(36)21(32-28(39)45-30(3,4)5)20-9-8-17-12-41-11-10-19(17)20/h10-12,21-22,26H,7-9,13-15H2,1-6H3,(H,31,36)(H,32,39). The van der Waals surface area contributed by atoms with Crippen molar-refractivity contribution in [3.63, 3.8) is 0 Å². The van der Waals surface area contributed by atoms with Crippen LogP contribution in [0, 0.1) is 0 Å². The van der Waals surface area contributed by atoms with Gasteiger partial charge in [0.1, 0.15) is 35.4 Å². The Balaban J connectivity index is 1.54. The fourth-order valence-corrected chi connectivity index (χ4v) is 6.39. The van der Waals surface area contributed by atoms with E-state index < -0.39 is 65.7 Å². The lowest BCUT2D eigenvalue weighted by Crippen LogP contribution is -2.72. The van der Waals surface area contributed by atoms with Crippen LogP contribution in [0.4, 0.5) is 9.59 Å². The Morgan fingerprint density at radius 1 is 1.15 bits per heavy atom. The molecule has 0 aromatic rings. The van der Waals surface area contributed by atoms with Gasteiger partial charge in [-0.05, 0) is 63.3 Å². The van der Waals surface area contributed by atoms with Gasteiger partial charge in [0.15, 0.2) is 6.73 Å². The van der Waals surface area contributed by atoms with Crippen LogP contribution in [-0.2, 0) is 42.9 Å². The van der Waals surface area contributed by atoms with Crippen molar-refractivity contribution in [1.29, 1.82) is 0 Å². The number of thioether (sulfide) groups is 1. The number of fused-ring (bicyclic) bond motifs is 2. The van der Waals surface area contributed by atoms with Crippen LogP contribution in [-0.4, -0.2) is 102 Å². The van der Waals surface area contributed by atoms with Crippen LogP contribution in [0.25, 0.3) is 0 Å². The molecule has 0 radical (unpaired) electrons. The number of amides is 4. The van der Waals surface area contributed by atoms with Crippen LogP contribution in [0.3, 0.4) is 0 Å². The Labute approximate surface area is 270 Å². The van der Waals surface area contributed by atoms with Crippen LogP contribution in [0.1, 0.15) is 47.5 Å². The predicted molar refractivity (Wildman–Crippen MR) is 162 cm³/mol. The Hall–Kier alpha value is -4.47. The van der Waals surface area contributed by atoms with E-state index in [1.54, 1.807) is 40.0 Å². The molecule has 3 unspecified atom stereocenters. The monoisotopic (exact) mass is 662 g/mol. The maximum atomic E-state index is 13.8. The molecule has 46 heavy (non-hydrogen) atoms. The largest absolute Gasteiger partial charge is 0.472 e. The summed E-state index contributed by atoms with van der Waals surface area (Å²) >= 11 is 1.26. The molecular formula is C30H38N4O11S. The molecule has 0 spiro atoms. The second-order valence-electron chi connectivity index (χ2n) is 11.7. The van der Waals surface area contributed by atoms with Crippen molar-refractivity contribution in [3.8, 4) is 0 Å². The number of β-lactam (4-membered cyclic amide) rings is 1. The maximum absolute atomic E-state index is 13.8. The Morgan fingerprint density at radius 2 is 1.89 bits per heavy atom. The van der Waals surface area contributed by atoms with Crippen LogP contribution in [0.5, 0.6) is 0 Å². The molecule has 4 rings (SSSR count). The Kier molecular flexibility index (Phi) is 10.7. The number of nitrogens with zero attached hydrogens (tertiary/aromatic N) is 2. The number of hydrogen-bond donors (Lipinski definition) is 2. The van der Waals surface area contributed by atoms with Crippen molar-refractivity contribution in [1.82, 2.24) is 20.4 Å². The molecule has 1 fully saturated rings. The zero-order chi connectivity index (χ0) is 33.8. The van der Waals surface area contributed by atoms with E-state index in [-0.39, 0.29) is 24.7 Å². The number of hydrogen-bond acceptors (Lipinski definition) is 12. The lowest BCUT2D eigenvalue weighted by Gasteiger charge is -2.49. The molecule has 0 bridgehead atoms. The molecule has 3 atom stereocenters. The van der Waals surface area contributed by atoms with E-state index in [1.165, 1.54) is 36.9 Å². The van der Waals surface area contributed by atoms with Crippen molar-refractivity contribution < 1.29 is 52.5 Å². The minimum absolute atomic E-state index is 0.124. The second kappa shape index (κ2) is 14.3. The van der Waals surface area contributed by atoms with Crippen molar-refractivity contribution in [2.24, 2.45) is 0 Å². The van der Waals surface area contributed by atoms with Crippen LogP contribution >= 0.6 is 11.8 Å². The van der Waals surface area contributed by atoms with E-state index >= 15 is 0 Å². The first kappa shape index (κ1) is 34.4. The molecule has 0 aromatic carbocycles. The third-order valence-corrected chi connectivity index (χ3v) is 8.45. The highest BCUT2D eigenvalue weighted by molar-refractivity contribution is 8.00. The van der Waals surface area contributed by atoms with Gasteiger partial charge in [0.25, 0.3) is 5.91 Å². The molecule has 0 aromatic heterocycles. The van der Waals surface area contributed by atoms with Crippen molar-refractivity contribution in [2.45, 2.75) is 70.5 Å². The number of carbonyl (C=O) groups excluding carboxylic acids is 6. The van der Waals surface area contributed by atoms with Gasteiger partial charge in [0.05, 0.1) is 19.1 Å². The number of ether oxygens (including phenoxy) is 5. The summed E-state index contributed by atoms with van der Waals surface area (Å²) in [6, 6.07) is -2.21. The topological polar surface area (TPSA) is 179 Å². The highest BCUT2D eigenvalue weighted by atomic mass is 32.2. The number of nitrogens with one attached hydrogen (secondary N) is 2. The summed E-state index contributed by atoms with van der Waals surface area (Å²) in [7, 11) is 1.37. The first-order chi connectivity index (χ1) is 21.7. The molecule has 3 heterocycles. The van der Waals surface area contributed by atoms with Gasteiger partial charge in [-0.1, -0.05) is 0 Å². The highest BCUT2D eigenvalue weighted by Crippen LogP contribution is 2.41. The van der Waals surface area contributed by atoms with E-state index in [4.69, 9.17) is 23.7 Å². The predicted octanol–water partition coefficient (Wildman–Crippen LogP) is 2.20. The first-order valence-corrected chi connectivity index (χ1v) is 15.7. The van der Waals surface area contributed by atoms with E-state index in [1.807, 2.05) is 0 Å².